The van der Waals surface area contributed by atoms with E-state index in [2.05, 4.69) is 0 Å². The summed E-state index contributed by atoms with van der Waals surface area (Å²) < 4.78 is 5.23. The molecule has 0 bridgehead atoms. The van der Waals surface area contributed by atoms with E-state index < -0.39 is 29.6 Å². The Morgan fingerprint density at radius 3 is 2.54 bits per heavy atom. The number of allylic oxidation sites excluding steroid dienone is 6. The molecule has 2 N–H and O–H groups in total. The number of Topliss-reactive ketones (excluding diaryl/α,β-unsaturated/α-hetero) is 1. The molecule has 4 aliphatic rings. The van der Waals surface area contributed by atoms with E-state index in [4.69, 9.17) is 9.84 Å². The van der Waals surface area contributed by atoms with Crippen LogP contribution in [-0.2, 0) is 24.0 Å². The third kappa shape index (κ3) is 4.49. The van der Waals surface area contributed by atoms with Crippen molar-refractivity contribution in [1.29, 1.82) is 0 Å². The lowest BCUT2D eigenvalue weighted by molar-refractivity contribution is -0.141. The molecule has 39 heavy (non-hydrogen) atoms. The molecule has 0 saturated carbocycles. The first-order chi connectivity index (χ1) is 18.6. The first kappa shape index (κ1) is 26.6. The molecule has 1 aromatic carbocycles. The van der Waals surface area contributed by atoms with Crippen LogP contribution in [0.4, 0.5) is 0 Å². The molecular formula is C30H31NO8. The van der Waals surface area contributed by atoms with Crippen molar-refractivity contribution in [2.45, 2.75) is 51.4 Å². The zero-order valence-electron chi connectivity index (χ0n) is 21.9. The average molecular weight is 534 g/mol. The largest absolute Gasteiger partial charge is 0.507 e. The Hall–Kier alpha value is -4.01. The number of benzene rings is 1. The van der Waals surface area contributed by atoms with E-state index in [1.54, 1.807) is 19.1 Å². The Labute approximate surface area is 225 Å². The maximum Gasteiger partial charge on any atom is 0.303 e. The van der Waals surface area contributed by atoms with Crippen molar-refractivity contribution in [2.24, 2.45) is 17.8 Å². The van der Waals surface area contributed by atoms with Crippen LogP contribution in [0, 0.1) is 17.8 Å². The second kappa shape index (κ2) is 10.3. The number of fused-ring (bicyclic) bond motifs is 3. The summed E-state index contributed by atoms with van der Waals surface area (Å²) in [6, 6.07) is 4.81. The number of phenols is 1. The number of amides is 2. The number of aromatic hydroxyl groups is 1. The van der Waals surface area contributed by atoms with Gasteiger partial charge in [-0.3, -0.25) is 28.9 Å². The zero-order chi connectivity index (χ0) is 28.0. The van der Waals surface area contributed by atoms with Gasteiger partial charge in [-0.25, -0.2) is 0 Å². The highest BCUT2D eigenvalue weighted by atomic mass is 16.5. The van der Waals surface area contributed by atoms with Gasteiger partial charge in [-0.2, -0.15) is 0 Å². The number of unbranched alkanes of at least 4 members (excludes halogenated alkanes) is 2. The second-order valence-corrected chi connectivity index (χ2v) is 10.7. The Morgan fingerprint density at radius 2 is 1.85 bits per heavy atom. The van der Waals surface area contributed by atoms with Crippen LogP contribution in [0.3, 0.4) is 0 Å². The fourth-order valence-corrected chi connectivity index (χ4v) is 6.62. The summed E-state index contributed by atoms with van der Waals surface area (Å²) in [5.41, 5.74) is 2.21. The number of carbonyl (C=O) groups is 5. The van der Waals surface area contributed by atoms with Crippen molar-refractivity contribution < 1.29 is 38.9 Å². The summed E-state index contributed by atoms with van der Waals surface area (Å²) in [5, 5.41) is 19.8. The summed E-state index contributed by atoms with van der Waals surface area (Å²) in [4.78, 5) is 65.6. The smallest absolute Gasteiger partial charge is 0.303 e. The summed E-state index contributed by atoms with van der Waals surface area (Å²) in [5.74, 6) is -4.01. The maximum absolute atomic E-state index is 13.7. The van der Waals surface area contributed by atoms with Crippen LogP contribution in [0.25, 0.3) is 0 Å². The van der Waals surface area contributed by atoms with E-state index in [0.29, 0.717) is 53.7 Å². The maximum atomic E-state index is 13.7. The molecule has 1 heterocycles. The number of aliphatic carboxylic acids is 1. The van der Waals surface area contributed by atoms with Crippen molar-refractivity contribution in [3.63, 3.8) is 0 Å². The summed E-state index contributed by atoms with van der Waals surface area (Å²) in [6.45, 7) is 1.82. The highest BCUT2D eigenvalue weighted by molar-refractivity contribution is 6.24. The minimum atomic E-state index is -0.878. The normalized spacial score (nSPS) is 26.2. The van der Waals surface area contributed by atoms with Crippen molar-refractivity contribution in [2.75, 3.05) is 13.7 Å². The van der Waals surface area contributed by atoms with Crippen molar-refractivity contribution >= 4 is 29.4 Å². The van der Waals surface area contributed by atoms with Gasteiger partial charge >= 0.3 is 5.97 Å². The number of carbonyl (C=O) groups excluding carboxylic acids is 4. The van der Waals surface area contributed by atoms with Gasteiger partial charge < -0.3 is 14.9 Å². The number of hydrogen-bond donors (Lipinski definition) is 2. The van der Waals surface area contributed by atoms with Crippen molar-refractivity contribution in [3.8, 4) is 11.5 Å². The molecule has 1 fully saturated rings. The third-order valence-electron chi connectivity index (χ3n) is 8.48. The monoisotopic (exact) mass is 533 g/mol. The quantitative estimate of drug-likeness (QED) is 0.224. The lowest BCUT2D eigenvalue weighted by Gasteiger charge is -2.42. The molecule has 0 radical (unpaired) electrons. The summed E-state index contributed by atoms with van der Waals surface area (Å²) in [6.07, 6.45) is 5.36. The lowest BCUT2D eigenvalue weighted by atomic mass is 9.59. The average Bonchev–Trinajstić information content (AvgIpc) is 3.15. The predicted octanol–water partition coefficient (Wildman–Crippen LogP) is 3.48. The van der Waals surface area contributed by atoms with Crippen LogP contribution in [0.1, 0.15) is 56.9 Å². The van der Waals surface area contributed by atoms with Crippen LogP contribution in [0.2, 0.25) is 0 Å². The van der Waals surface area contributed by atoms with E-state index >= 15 is 0 Å². The Balaban J connectivity index is 1.51. The van der Waals surface area contributed by atoms with Gasteiger partial charge in [-0.15, -0.1) is 0 Å². The van der Waals surface area contributed by atoms with Crippen LogP contribution < -0.4 is 4.74 Å². The Morgan fingerprint density at radius 1 is 1.08 bits per heavy atom. The van der Waals surface area contributed by atoms with Gasteiger partial charge in [0, 0.05) is 47.2 Å². The number of hydrogen-bond acceptors (Lipinski definition) is 7. The Kier molecular flexibility index (Phi) is 7.01. The molecule has 0 unspecified atom stereocenters. The number of carboxylic acid groups (broad SMARTS) is 1. The molecule has 5 rings (SSSR count). The summed E-state index contributed by atoms with van der Waals surface area (Å²) >= 11 is 0. The number of carboxylic acids is 1. The topological polar surface area (TPSA) is 138 Å². The molecule has 2 amide bonds. The van der Waals surface area contributed by atoms with E-state index in [0.717, 1.165) is 5.57 Å². The standard InChI is InChI=1S/C30H31NO8/c1-15-12-22(32)21-14-20-17(25(27(21)28(15)36)18-8-7-16(39-2)13-23(18)33)9-10-19-26(20)30(38)31(29(19)37)11-5-3-4-6-24(34)35/h7-9,12-13,19-20,25-26,33H,3-6,10-11,14H2,1-2H3,(H,34,35)/t19-,20+,25+,26-/m0/s1. The highest BCUT2D eigenvalue weighted by Crippen LogP contribution is 2.56. The zero-order valence-corrected chi connectivity index (χ0v) is 21.9. The van der Waals surface area contributed by atoms with Gasteiger partial charge in [-0.1, -0.05) is 24.1 Å². The van der Waals surface area contributed by atoms with Gasteiger partial charge in [0.1, 0.15) is 11.5 Å². The van der Waals surface area contributed by atoms with Gasteiger partial charge in [0.2, 0.25) is 11.8 Å². The molecule has 9 heteroatoms. The van der Waals surface area contributed by atoms with Gasteiger partial charge in [0.25, 0.3) is 0 Å². The van der Waals surface area contributed by atoms with Crippen LogP contribution in [-0.4, -0.2) is 58.1 Å². The fraction of sp³-hybridized carbons (Fsp3) is 0.433. The van der Waals surface area contributed by atoms with Crippen LogP contribution in [0.5, 0.6) is 11.5 Å². The molecule has 1 aromatic rings. The van der Waals surface area contributed by atoms with Gasteiger partial charge in [0.15, 0.2) is 11.6 Å². The minimum Gasteiger partial charge on any atom is -0.507 e. The molecule has 1 aliphatic heterocycles. The number of phenolic OH excluding ortho intramolecular Hbond substituents is 1. The van der Waals surface area contributed by atoms with E-state index in [1.165, 1.54) is 24.2 Å². The van der Waals surface area contributed by atoms with Crippen molar-refractivity contribution in [1.82, 2.24) is 4.90 Å². The predicted molar refractivity (Wildman–Crippen MR) is 139 cm³/mol. The first-order valence-corrected chi connectivity index (χ1v) is 13.3. The molecule has 4 atom stereocenters. The van der Waals surface area contributed by atoms with E-state index in [-0.39, 0.29) is 48.5 Å². The SMILES string of the molecule is COc1ccc([C@H]2C3=CC[C@@H]4C(=O)N(CCCCCC(=O)O)C(=O)[C@@H]4[C@@H]3CC3=C2C(=O)C(C)=CC3=O)c(O)c1. The lowest BCUT2D eigenvalue weighted by Crippen LogP contribution is -2.40. The number of rotatable bonds is 8. The Bertz CT molecular complexity index is 1380. The highest BCUT2D eigenvalue weighted by Gasteiger charge is 2.56. The fourth-order valence-electron chi connectivity index (χ4n) is 6.62. The molecule has 3 aliphatic carbocycles. The molecule has 0 spiro atoms. The molecule has 0 aromatic heterocycles. The van der Waals surface area contributed by atoms with E-state index in [1.807, 2.05) is 6.08 Å². The van der Waals surface area contributed by atoms with Gasteiger partial charge in [-0.05, 0) is 50.7 Å². The third-order valence-corrected chi connectivity index (χ3v) is 8.48. The minimum absolute atomic E-state index is 0.0419. The van der Waals surface area contributed by atoms with Crippen LogP contribution >= 0.6 is 0 Å². The molecule has 1 saturated heterocycles. The van der Waals surface area contributed by atoms with Crippen LogP contribution in [0.15, 0.2) is 52.6 Å². The number of ketones is 2. The first-order valence-electron chi connectivity index (χ1n) is 13.3. The summed E-state index contributed by atoms with van der Waals surface area (Å²) in [7, 11) is 1.48. The number of ether oxygens (including phenoxy) is 1. The second-order valence-electron chi connectivity index (χ2n) is 10.7. The number of methoxy groups -OCH3 is 1. The van der Waals surface area contributed by atoms with Crippen molar-refractivity contribution in [3.05, 3.63) is 58.2 Å². The number of nitrogens with zero attached hydrogens (tertiary/aromatic N) is 1. The molecule has 204 valence electrons. The number of likely N-dealkylation sites (tertiary alicyclic amines) is 1. The number of imide groups is 1. The van der Waals surface area contributed by atoms with E-state index in [9.17, 15) is 29.1 Å². The molecular weight excluding hydrogens is 502 g/mol. The van der Waals surface area contributed by atoms with Gasteiger partial charge in [0.05, 0.1) is 18.9 Å². The molecule has 9 nitrogen and oxygen atoms in total.